The second kappa shape index (κ2) is 3.26. The van der Waals surface area contributed by atoms with Crippen molar-refractivity contribution in [3.63, 3.8) is 0 Å². The van der Waals surface area contributed by atoms with Crippen molar-refractivity contribution in [1.82, 2.24) is 9.78 Å². The molecule has 0 fully saturated rings. The molecular weight excluding hydrogens is 224 g/mol. The van der Waals surface area contributed by atoms with Gasteiger partial charge in [-0.2, -0.15) is 5.10 Å². The minimum Gasteiger partial charge on any atom is -0.465 e. The predicted octanol–water partition coefficient (Wildman–Crippen LogP) is 1.28. The van der Waals surface area contributed by atoms with Crippen molar-refractivity contribution in [2.75, 3.05) is 7.11 Å². The summed E-state index contributed by atoms with van der Waals surface area (Å²) in [6, 6.07) is 0. The second-order valence-corrected chi connectivity index (χ2v) is 3.12. The minimum atomic E-state index is -0.368. The average Bonchev–Trinajstić information content (AvgIpc) is 2.26. The lowest BCUT2D eigenvalue weighted by Gasteiger charge is -1.96. The topological polar surface area (TPSA) is 44.1 Å². The van der Waals surface area contributed by atoms with E-state index >= 15 is 0 Å². The Labute approximate surface area is 78.6 Å². The summed E-state index contributed by atoms with van der Waals surface area (Å²) in [5.74, 6) is -0.368. The number of halogens is 1. The molecule has 1 aromatic heterocycles. The Kier molecular flexibility index (Phi) is 2.52. The number of ether oxygens (including phenoxy) is 1. The van der Waals surface area contributed by atoms with E-state index in [1.807, 2.05) is 0 Å². The van der Waals surface area contributed by atoms with Crippen LogP contribution in [0.5, 0.6) is 0 Å². The van der Waals surface area contributed by atoms with E-state index in [-0.39, 0.29) is 5.97 Å². The minimum absolute atomic E-state index is 0.368. The molecule has 0 aliphatic rings. The average molecular weight is 233 g/mol. The van der Waals surface area contributed by atoms with Gasteiger partial charge in [-0.1, -0.05) is 0 Å². The summed E-state index contributed by atoms with van der Waals surface area (Å²) < 4.78 is 6.82. The van der Waals surface area contributed by atoms with Crippen LogP contribution in [-0.4, -0.2) is 22.9 Å². The van der Waals surface area contributed by atoms with E-state index in [2.05, 4.69) is 25.8 Å². The van der Waals surface area contributed by atoms with Gasteiger partial charge in [0.1, 0.15) is 10.2 Å². The van der Waals surface area contributed by atoms with Crippen molar-refractivity contribution in [3.05, 3.63) is 15.9 Å². The van der Waals surface area contributed by atoms with Gasteiger partial charge < -0.3 is 4.74 Å². The van der Waals surface area contributed by atoms with Crippen molar-refractivity contribution in [3.8, 4) is 0 Å². The molecule has 66 valence electrons. The first-order valence-corrected chi connectivity index (χ1v) is 4.14. The first-order chi connectivity index (χ1) is 5.57. The van der Waals surface area contributed by atoms with E-state index in [1.165, 1.54) is 7.11 Å². The molecule has 1 rings (SSSR count). The van der Waals surface area contributed by atoms with Crippen LogP contribution in [0.4, 0.5) is 0 Å². The predicted molar refractivity (Wildman–Crippen MR) is 47.0 cm³/mol. The fourth-order valence-electron chi connectivity index (χ4n) is 0.964. The van der Waals surface area contributed by atoms with Crippen LogP contribution in [0.25, 0.3) is 0 Å². The molecule has 0 unspecified atom stereocenters. The highest BCUT2D eigenvalue weighted by atomic mass is 79.9. The Balaban J connectivity index is 3.22. The van der Waals surface area contributed by atoms with E-state index in [9.17, 15) is 4.79 Å². The molecule has 4 nitrogen and oxygen atoms in total. The van der Waals surface area contributed by atoms with E-state index in [1.54, 1.807) is 18.7 Å². The highest BCUT2D eigenvalue weighted by Gasteiger charge is 2.18. The first kappa shape index (κ1) is 9.25. The molecule has 0 aliphatic heterocycles. The van der Waals surface area contributed by atoms with Gasteiger partial charge in [-0.05, 0) is 22.9 Å². The van der Waals surface area contributed by atoms with Gasteiger partial charge in [-0.3, -0.25) is 4.68 Å². The molecular formula is C7H9BrN2O2. The number of aromatic nitrogens is 2. The third kappa shape index (κ3) is 1.36. The lowest BCUT2D eigenvalue weighted by atomic mass is 10.3. The molecule has 1 heterocycles. The highest BCUT2D eigenvalue weighted by Crippen LogP contribution is 2.19. The normalized spacial score (nSPS) is 10.0. The molecule has 0 bridgehead atoms. The summed E-state index contributed by atoms with van der Waals surface area (Å²) in [5.41, 5.74) is 1.15. The number of methoxy groups -OCH3 is 1. The zero-order valence-electron chi connectivity index (χ0n) is 7.09. The molecule has 0 spiro atoms. The zero-order valence-corrected chi connectivity index (χ0v) is 8.67. The first-order valence-electron chi connectivity index (χ1n) is 3.35. The number of esters is 1. The smallest absolute Gasteiger partial charge is 0.342 e. The van der Waals surface area contributed by atoms with Gasteiger partial charge >= 0.3 is 5.97 Å². The zero-order chi connectivity index (χ0) is 9.30. The maximum atomic E-state index is 11.2. The van der Waals surface area contributed by atoms with Crippen molar-refractivity contribution in [2.24, 2.45) is 7.05 Å². The summed E-state index contributed by atoms with van der Waals surface area (Å²) in [4.78, 5) is 11.2. The lowest BCUT2D eigenvalue weighted by Crippen LogP contribution is -2.02. The monoisotopic (exact) mass is 232 g/mol. The lowest BCUT2D eigenvalue weighted by molar-refractivity contribution is 0.0598. The van der Waals surface area contributed by atoms with E-state index in [0.29, 0.717) is 15.9 Å². The Hall–Kier alpha value is -0.840. The van der Waals surface area contributed by atoms with Crippen LogP contribution in [-0.2, 0) is 11.8 Å². The van der Waals surface area contributed by atoms with Crippen LogP contribution >= 0.6 is 15.9 Å². The number of nitrogens with zero attached hydrogens (tertiary/aromatic N) is 2. The molecule has 0 saturated heterocycles. The number of rotatable bonds is 1. The van der Waals surface area contributed by atoms with Crippen LogP contribution in [0, 0.1) is 6.92 Å². The Morgan fingerprint density at radius 3 is 2.58 bits per heavy atom. The van der Waals surface area contributed by atoms with E-state index < -0.39 is 0 Å². The fraction of sp³-hybridized carbons (Fsp3) is 0.429. The van der Waals surface area contributed by atoms with Crippen molar-refractivity contribution >= 4 is 21.9 Å². The van der Waals surface area contributed by atoms with Crippen LogP contribution < -0.4 is 0 Å². The molecule has 1 aromatic rings. The van der Waals surface area contributed by atoms with Gasteiger partial charge in [0.25, 0.3) is 0 Å². The van der Waals surface area contributed by atoms with Gasteiger partial charge in [0.05, 0.1) is 12.8 Å². The van der Waals surface area contributed by atoms with Gasteiger partial charge in [0.15, 0.2) is 0 Å². The van der Waals surface area contributed by atoms with Crippen LogP contribution in [0.2, 0.25) is 0 Å². The number of carbonyl (C=O) groups excluding carboxylic acids is 1. The van der Waals surface area contributed by atoms with Crippen molar-refractivity contribution in [1.29, 1.82) is 0 Å². The summed E-state index contributed by atoms with van der Waals surface area (Å²) in [6.07, 6.45) is 0. The molecule has 0 aromatic carbocycles. The van der Waals surface area contributed by atoms with Crippen LogP contribution in [0.15, 0.2) is 4.60 Å². The van der Waals surface area contributed by atoms with Crippen LogP contribution in [0.1, 0.15) is 16.1 Å². The molecule has 0 atom stereocenters. The molecule has 0 radical (unpaired) electrons. The quantitative estimate of drug-likeness (QED) is 0.686. The Morgan fingerprint density at radius 1 is 1.67 bits per heavy atom. The summed E-state index contributed by atoms with van der Waals surface area (Å²) >= 11 is 3.24. The molecule has 12 heavy (non-hydrogen) atoms. The maximum absolute atomic E-state index is 11.2. The van der Waals surface area contributed by atoms with E-state index in [0.717, 1.165) is 0 Å². The number of hydrogen-bond acceptors (Lipinski definition) is 3. The van der Waals surface area contributed by atoms with Gasteiger partial charge in [-0.25, -0.2) is 4.79 Å². The number of carbonyl (C=O) groups is 1. The third-order valence-electron chi connectivity index (χ3n) is 1.54. The third-order valence-corrected chi connectivity index (χ3v) is 2.45. The summed E-state index contributed by atoms with van der Waals surface area (Å²) in [6.45, 7) is 1.76. The molecule has 0 N–H and O–H groups in total. The molecule has 0 aliphatic carbocycles. The van der Waals surface area contributed by atoms with Crippen molar-refractivity contribution < 1.29 is 9.53 Å². The van der Waals surface area contributed by atoms with Gasteiger partial charge in [-0.15, -0.1) is 0 Å². The Bertz CT molecular complexity index is 319. The highest BCUT2D eigenvalue weighted by molar-refractivity contribution is 9.10. The van der Waals surface area contributed by atoms with E-state index in [4.69, 9.17) is 0 Å². The van der Waals surface area contributed by atoms with Crippen molar-refractivity contribution in [2.45, 2.75) is 6.92 Å². The number of aryl methyl sites for hydroxylation is 2. The fourth-order valence-corrected chi connectivity index (χ4v) is 1.49. The Morgan fingerprint density at radius 2 is 2.25 bits per heavy atom. The van der Waals surface area contributed by atoms with Gasteiger partial charge in [0.2, 0.25) is 0 Å². The van der Waals surface area contributed by atoms with Gasteiger partial charge in [0, 0.05) is 7.05 Å². The molecule has 5 heteroatoms. The standard InChI is InChI=1S/C7H9BrN2O2/c1-4-5(7(11)12-3)6(8)10(2)9-4/h1-3H3. The largest absolute Gasteiger partial charge is 0.465 e. The molecule has 0 amide bonds. The summed E-state index contributed by atoms with van der Waals surface area (Å²) in [5, 5.41) is 4.05. The number of hydrogen-bond donors (Lipinski definition) is 0. The summed E-state index contributed by atoms with van der Waals surface area (Å²) in [7, 11) is 3.10. The maximum Gasteiger partial charge on any atom is 0.342 e. The SMILES string of the molecule is COC(=O)c1c(C)nn(C)c1Br. The van der Waals surface area contributed by atoms with Crippen LogP contribution in [0.3, 0.4) is 0 Å². The molecule has 0 saturated carbocycles. The second-order valence-electron chi connectivity index (χ2n) is 2.37.